The average molecular weight is 765 g/mol. The van der Waals surface area contributed by atoms with Gasteiger partial charge >= 0.3 is 0 Å². The second-order valence-electron chi connectivity index (χ2n) is 15.3. The van der Waals surface area contributed by atoms with Crippen LogP contribution in [0.4, 0.5) is 17.1 Å². The predicted molar refractivity (Wildman–Crippen MR) is 255 cm³/mol. The third-order valence-corrected chi connectivity index (χ3v) is 11.8. The summed E-state index contributed by atoms with van der Waals surface area (Å²) >= 11 is 0. The quantitative estimate of drug-likeness (QED) is 0.150. The Labute approximate surface area is 350 Å². The highest BCUT2D eigenvalue weighted by Gasteiger charge is 2.19. The molecule has 0 fully saturated rings. The Hall–Kier alpha value is -7.94. The van der Waals surface area contributed by atoms with E-state index >= 15 is 0 Å². The van der Waals surface area contributed by atoms with E-state index in [1.807, 2.05) is 0 Å². The van der Waals surface area contributed by atoms with Crippen LogP contribution in [-0.4, -0.2) is 4.57 Å². The molecule has 0 radical (unpaired) electrons. The lowest BCUT2D eigenvalue weighted by molar-refractivity contribution is 1.18. The number of anilines is 3. The van der Waals surface area contributed by atoms with E-state index in [0.29, 0.717) is 0 Å². The third kappa shape index (κ3) is 6.32. The fourth-order valence-corrected chi connectivity index (χ4v) is 8.94. The smallest absolute Gasteiger partial charge is 0.0541 e. The van der Waals surface area contributed by atoms with Gasteiger partial charge in [-0.25, -0.2) is 0 Å². The molecule has 0 amide bonds. The molecule has 282 valence electrons. The Morgan fingerprint density at radius 3 is 1.40 bits per heavy atom. The van der Waals surface area contributed by atoms with E-state index in [-0.39, 0.29) is 0 Å². The van der Waals surface area contributed by atoms with Gasteiger partial charge < -0.3 is 9.47 Å². The Morgan fingerprint density at radius 2 is 0.767 bits per heavy atom. The normalized spacial score (nSPS) is 11.3. The lowest BCUT2D eigenvalue weighted by Gasteiger charge is -2.28. The number of hydrogen-bond donors (Lipinski definition) is 0. The van der Waals surface area contributed by atoms with Gasteiger partial charge in [0, 0.05) is 33.2 Å². The maximum Gasteiger partial charge on any atom is 0.0541 e. The highest BCUT2D eigenvalue weighted by atomic mass is 15.1. The molecule has 0 aliphatic rings. The third-order valence-electron chi connectivity index (χ3n) is 11.8. The van der Waals surface area contributed by atoms with Crippen LogP contribution in [-0.2, 0) is 0 Å². The summed E-state index contributed by atoms with van der Waals surface area (Å²) in [6, 6.07) is 88.0. The summed E-state index contributed by atoms with van der Waals surface area (Å²) in [5.74, 6) is 0. The van der Waals surface area contributed by atoms with Crippen molar-refractivity contribution in [3.63, 3.8) is 0 Å². The van der Waals surface area contributed by atoms with E-state index in [9.17, 15) is 0 Å². The molecule has 0 bridgehead atoms. The van der Waals surface area contributed by atoms with Gasteiger partial charge in [-0.3, -0.25) is 0 Å². The standard InChI is InChI=1S/C58H40N2/c1-4-17-41(18-5-1)46-37-47(39-50(38-46)60-57-28-14-12-26-53(57)54-27-13-15-29-58(54)60)42-31-33-48(34-32-42)59(56-30-16-24-44-23-10-11-25-52(44)56)49-35-36-51(43-19-6-2-7-20-43)55(40-49)45-21-8-3-9-22-45/h1-40H. The number of aromatic nitrogens is 1. The molecule has 0 atom stereocenters. The fourth-order valence-electron chi connectivity index (χ4n) is 8.94. The van der Waals surface area contributed by atoms with E-state index in [2.05, 4.69) is 252 Å². The number of fused-ring (bicyclic) bond motifs is 4. The minimum absolute atomic E-state index is 1.09. The molecule has 11 rings (SSSR count). The Kier molecular flexibility index (Phi) is 8.87. The first-order valence-electron chi connectivity index (χ1n) is 20.6. The van der Waals surface area contributed by atoms with Crippen LogP contribution in [0.15, 0.2) is 243 Å². The van der Waals surface area contributed by atoms with E-state index < -0.39 is 0 Å². The zero-order valence-electron chi connectivity index (χ0n) is 33.0. The van der Waals surface area contributed by atoms with Crippen molar-refractivity contribution in [2.24, 2.45) is 0 Å². The summed E-state index contributed by atoms with van der Waals surface area (Å²) in [5, 5.41) is 4.91. The molecule has 0 aliphatic carbocycles. The minimum atomic E-state index is 1.09. The molecule has 2 heteroatoms. The maximum absolute atomic E-state index is 2.42. The van der Waals surface area contributed by atoms with Crippen molar-refractivity contribution >= 4 is 49.6 Å². The van der Waals surface area contributed by atoms with Crippen LogP contribution in [0.1, 0.15) is 0 Å². The second kappa shape index (κ2) is 15.1. The van der Waals surface area contributed by atoms with Crippen LogP contribution in [0.2, 0.25) is 0 Å². The highest BCUT2D eigenvalue weighted by Crippen LogP contribution is 2.44. The van der Waals surface area contributed by atoms with Gasteiger partial charge in [0.2, 0.25) is 0 Å². The molecule has 1 aromatic heterocycles. The minimum Gasteiger partial charge on any atom is -0.310 e. The molecule has 60 heavy (non-hydrogen) atoms. The van der Waals surface area contributed by atoms with E-state index in [1.54, 1.807) is 0 Å². The molecule has 1 heterocycles. The molecule has 0 saturated heterocycles. The van der Waals surface area contributed by atoms with Gasteiger partial charge in [-0.05, 0) is 111 Å². The first kappa shape index (κ1) is 35.2. The van der Waals surface area contributed by atoms with Gasteiger partial charge in [-0.15, -0.1) is 0 Å². The van der Waals surface area contributed by atoms with Crippen molar-refractivity contribution in [3.05, 3.63) is 243 Å². The van der Waals surface area contributed by atoms with Crippen molar-refractivity contribution in [1.29, 1.82) is 0 Å². The van der Waals surface area contributed by atoms with Gasteiger partial charge in [-0.2, -0.15) is 0 Å². The van der Waals surface area contributed by atoms with Crippen molar-refractivity contribution in [2.45, 2.75) is 0 Å². The first-order valence-corrected chi connectivity index (χ1v) is 20.6. The van der Waals surface area contributed by atoms with Crippen LogP contribution < -0.4 is 4.90 Å². The van der Waals surface area contributed by atoms with E-state index in [4.69, 9.17) is 0 Å². The van der Waals surface area contributed by atoms with E-state index in [1.165, 1.54) is 66.0 Å². The molecule has 0 aliphatic heterocycles. The van der Waals surface area contributed by atoms with Crippen LogP contribution in [0.3, 0.4) is 0 Å². The molecule has 0 unspecified atom stereocenters. The zero-order chi connectivity index (χ0) is 39.8. The Balaban J connectivity index is 1.08. The zero-order valence-corrected chi connectivity index (χ0v) is 33.0. The molecule has 0 saturated carbocycles. The van der Waals surface area contributed by atoms with Crippen LogP contribution >= 0.6 is 0 Å². The Morgan fingerprint density at radius 1 is 0.283 bits per heavy atom. The van der Waals surface area contributed by atoms with Gasteiger partial charge in [-0.1, -0.05) is 182 Å². The molecule has 0 N–H and O–H groups in total. The summed E-state index contributed by atoms with van der Waals surface area (Å²) < 4.78 is 2.42. The summed E-state index contributed by atoms with van der Waals surface area (Å²) in [6.07, 6.45) is 0. The molecule has 0 spiro atoms. The van der Waals surface area contributed by atoms with Crippen molar-refractivity contribution < 1.29 is 0 Å². The molecule has 2 nitrogen and oxygen atoms in total. The van der Waals surface area contributed by atoms with Crippen LogP contribution in [0.5, 0.6) is 0 Å². The lowest BCUT2D eigenvalue weighted by atomic mass is 9.93. The first-order chi connectivity index (χ1) is 29.8. The van der Waals surface area contributed by atoms with Crippen molar-refractivity contribution in [1.82, 2.24) is 4.57 Å². The second-order valence-corrected chi connectivity index (χ2v) is 15.3. The number of rotatable bonds is 8. The number of hydrogen-bond acceptors (Lipinski definition) is 1. The SMILES string of the molecule is c1ccc(-c2cc(-c3ccc(N(c4ccc(-c5ccccc5)c(-c5ccccc5)c4)c4cccc5ccccc45)cc3)cc(-n3c4ccccc4c4ccccc43)c2)cc1. The monoisotopic (exact) mass is 764 g/mol. The van der Waals surface area contributed by atoms with Crippen LogP contribution in [0, 0.1) is 0 Å². The van der Waals surface area contributed by atoms with Gasteiger partial charge in [0.15, 0.2) is 0 Å². The maximum atomic E-state index is 2.42. The summed E-state index contributed by atoms with van der Waals surface area (Å²) in [5.41, 5.74) is 16.3. The number of para-hydroxylation sites is 2. The van der Waals surface area contributed by atoms with Gasteiger partial charge in [0.05, 0.1) is 16.7 Å². The van der Waals surface area contributed by atoms with E-state index in [0.717, 1.165) is 33.9 Å². The highest BCUT2D eigenvalue weighted by molar-refractivity contribution is 6.09. The van der Waals surface area contributed by atoms with Gasteiger partial charge in [0.25, 0.3) is 0 Å². The molecule has 10 aromatic carbocycles. The summed E-state index contributed by atoms with van der Waals surface area (Å²) in [6.45, 7) is 0. The van der Waals surface area contributed by atoms with Gasteiger partial charge in [0.1, 0.15) is 0 Å². The molecular weight excluding hydrogens is 725 g/mol. The molecule has 11 aromatic rings. The lowest BCUT2D eigenvalue weighted by Crippen LogP contribution is -2.11. The Bertz CT molecular complexity index is 3230. The number of benzene rings is 10. The summed E-state index contributed by atoms with van der Waals surface area (Å²) in [4.78, 5) is 2.41. The average Bonchev–Trinajstić information content (AvgIpc) is 3.67. The van der Waals surface area contributed by atoms with Crippen LogP contribution in [0.25, 0.3) is 82.8 Å². The van der Waals surface area contributed by atoms with Crippen molar-refractivity contribution in [3.8, 4) is 50.2 Å². The molecular formula is C58H40N2. The fraction of sp³-hybridized carbons (Fsp3) is 0. The summed E-state index contributed by atoms with van der Waals surface area (Å²) in [7, 11) is 0. The number of nitrogens with zero attached hydrogens (tertiary/aromatic N) is 2. The largest absolute Gasteiger partial charge is 0.310 e. The predicted octanol–water partition coefficient (Wildman–Crippen LogP) is 16.1. The van der Waals surface area contributed by atoms with Crippen molar-refractivity contribution in [2.75, 3.05) is 4.90 Å². The topological polar surface area (TPSA) is 8.17 Å².